The molecule has 0 atom stereocenters. The van der Waals surface area contributed by atoms with Gasteiger partial charge in [-0.25, -0.2) is 0 Å². The van der Waals surface area contributed by atoms with E-state index in [1.54, 1.807) is 74.7 Å². The average molecular weight is 481 g/mol. The topological polar surface area (TPSA) is 77.5 Å². The third-order valence-corrected chi connectivity index (χ3v) is 5.77. The van der Waals surface area contributed by atoms with Gasteiger partial charge >= 0.3 is 0 Å². The lowest BCUT2D eigenvalue weighted by molar-refractivity contribution is -0.128. The minimum Gasteiger partial charge on any atom is -0.493 e. The number of hydrogen-bond donors (Lipinski definition) is 0. The van der Waals surface area contributed by atoms with Crippen LogP contribution < -0.4 is 18.9 Å². The molecule has 1 fully saturated rings. The summed E-state index contributed by atoms with van der Waals surface area (Å²) in [6.45, 7) is 2.15. The predicted octanol–water partition coefficient (Wildman–Crippen LogP) is 3.51. The zero-order chi connectivity index (χ0) is 25.2. The molecule has 2 aromatic rings. The van der Waals surface area contributed by atoms with Crippen LogP contribution in [0.15, 0.2) is 48.6 Å². The molecule has 0 aromatic heterocycles. The molecule has 2 aromatic carbocycles. The van der Waals surface area contributed by atoms with Gasteiger partial charge in [0.15, 0.2) is 23.0 Å². The van der Waals surface area contributed by atoms with Crippen molar-refractivity contribution >= 4 is 24.0 Å². The Morgan fingerprint density at radius 3 is 1.40 bits per heavy atom. The van der Waals surface area contributed by atoms with E-state index in [2.05, 4.69) is 0 Å². The fourth-order valence-corrected chi connectivity index (χ4v) is 3.82. The monoisotopic (exact) mass is 480 g/mol. The Labute approximate surface area is 206 Å². The van der Waals surface area contributed by atoms with Crippen LogP contribution in [0.25, 0.3) is 12.2 Å². The molecule has 1 saturated heterocycles. The number of rotatable bonds is 8. The summed E-state index contributed by atoms with van der Waals surface area (Å²) in [5, 5.41) is 0. The van der Waals surface area contributed by atoms with Crippen molar-refractivity contribution in [2.24, 2.45) is 0 Å². The first-order valence-corrected chi connectivity index (χ1v) is 11.4. The van der Waals surface area contributed by atoms with Crippen LogP contribution in [0.3, 0.4) is 0 Å². The molecule has 8 nitrogen and oxygen atoms in total. The number of carbonyl (C=O) groups excluding carboxylic acids is 2. The normalized spacial score (nSPS) is 14.2. The molecule has 1 aliphatic rings. The number of carbonyl (C=O) groups is 2. The third kappa shape index (κ3) is 6.79. The highest BCUT2D eigenvalue weighted by Gasteiger charge is 2.20. The largest absolute Gasteiger partial charge is 0.493 e. The fraction of sp³-hybridized carbons (Fsp3) is 0.333. The van der Waals surface area contributed by atoms with Crippen LogP contribution in [0.4, 0.5) is 0 Å². The quantitative estimate of drug-likeness (QED) is 0.538. The van der Waals surface area contributed by atoms with Gasteiger partial charge in [0.2, 0.25) is 11.8 Å². The van der Waals surface area contributed by atoms with Gasteiger partial charge in [-0.15, -0.1) is 0 Å². The summed E-state index contributed by atoms with van der Waals surface area (Å²) in [5.41, 5.74) is 1.67. The molecule has 0 spiro atoms. The molecule has 0 N–H and O–H groups in total. The number of nitrogens with zero attached hydrogens (tertiary/aromatic N) is 2. The maximum atomic E-state index is 12.7. The smallest absolute Gasteiger partial charge is 0.246 e. The van der Waals surface area contributed by atoms with E-state index in [0.29, 0.717) is 55.6 Å². The minimum absolute atomic E-state index is 0.0880. The van der Waals surface area contributed by atoms with E-state index >= 15 is 0 Å². The van der Waals surface area contributed by atoms with Crippen molar-refractivity contribution in [3.63, 3.8) is 0 Å². The van der Waals surface area contributed by atoms with Gasteiger partial charge in [-0.3, -0.25) is 9.59 Å². The summed E-state index contributed by atoms with van der Waals surface area (Å²) in [6.07, 6.45) is 7.32. The number of amides is 2. The lowest BCUT2D eigenvalue weighted by atomic mass is 10.2. The number of methoxy groups -OCH3 is 4. The first-order chi connectivity index (χ1) is 17.0. The molecule has 1 aliphatic heterocycles. The van der Waals surface area contributed by atoms with Gasteiger partial charge in [-0.1, -0.05) is 12.1 Å². The van der Waals surface area contributed by atoms with Gasteiger partial charge < -0.3 is 28.7 Å². The maximum absolute atomic E-state index is 12.7. The van der Waals surface area contributed by atoms with Crippen LogP contribution in [0.1, 0.15) is 17.5 Å². The average Bonchev–Trinajstić information content (AvgIpc) is 3.16. The van der Waals surface area contributed by atoms with Crippen molar-refractivity contribution in [3.05, 3.63) is 59.7 Å². The molecular weight excluding hydrogens is 448 g/mol. The Balaban J connectivity index is 1.57. The van der Waals surface area contributed by atoms with Crippen LogP contribution in [0.2, 0.25) is 0 Å². The minimum atomic E-state index is -0.0880. The number of hydrogen-bond acceptors (Lipinski definition) is 6. The van der Waals surface area contributed by atoms with Gasteiger partial charge in [0.25, 0.3) is 0 Å². The van der Waals surface area contributed by atoms with E-state index in [9.17, 15) is 9.59 Å². The summed E-state index contributed by atoms with van der Waals surface area (Å²) in [5.74, 6) is 2.30. The molecule has 0 radical (unpaired) electrons. The van der Waals surface area contributed by atoms with Crippen LogP contribution >= 0.6 is 0 Å². The summed E-state index contributed by atoms with van der Waals surface area (Å²) in [4.78, 5) is 29.0. The summed E-state index contributed by atoms with van der Waals surface area (Å²) < 4.78 is 21.1. The Morgan fingerprint density at radius 1 is 0.629 bits per heavy atom. The molecular formula is C27H32N2O6. The number of ether oxygens (including phenoxy) is 4. The summed E-state index contributed by atoms with van der Waals surface area (Å²) >= 11 is 0. The molecule has 0 aliphatic carbocycles. The first-order valence-electron chi connectivity index (χ1n) is 11.4. The second kappa shape index (κ2) is 12.5. The van der Waals surface area contributed by atoms with Gasteiger partial charge in [-0.05, 0) is 54.0 Å². The lowest BCUT2D eigenvalue weighted by Gasteiger charge is -2.20. The second-order valence-corrected chi connectivity index (χ2v) is 7.90. The molecule has 0 saturated carbocycles. The van der Waals surface area contributed by atoms with Crippen molar-refractivity contribution in [2.45, 2.75) is 6.42 Å². The maximum Gasteiger partial charge on any atom is 0.246 e. The molecule has 186 valence electrons. The van der Waals surface area contributed by atoms with E-state index in [1.807, 2.05) is 24.3 Å². The fourth-order valence-electron chi connectivity index (χ4n) is 3.82. The zero-order valence-corrected chi connectivity index (χ0v) is 20.7. The van der Waals surface area contributed by atoms with Crippen LogP contribution in [-0.4, -0.2) is 76.2 Å². The van der Waals surface area contributed by atoms with Gasteiger partial charge in [0.05, 0.1) is 28.4 Å². The van der Waals surface area contributed by atoms with E-state index < -0.39 is 0 Å². The van der Waals surface area contributed by atoms with E-state index in [0.717, 1.165) is 11.1 Å². The van der Waals surface area contributed by atoms with Crippen molar-refractivity contribution in [1.82, 2.24) is 9.80 Å². The van der Waals surface area contributed by atoms with Crippen molar-refractivity contribution in [1.29, 1.82) is 0 Å². The highest BCUT2D eigenvalue weighted by atomic mass is 16.5. The SMILES string of the molecule is COc1ccc(/C=C/C(=O)N2CCCN(C(=O)/C=C/c3ccc(OC)c(OC)c3)CC2)cc1OC. The molecule has 0 unspecified atom stereocenters. The van der Waals surface area contributed by atoms with Crippen molar-refractivity contribution in [2.75, 3.05) is 54.6 Å². The highest BCUT2D eigenvalue weighted by molar-refractivity contribution is 5.93. The molecule has 1 heterocycles. The highest BCUT2D eigenvalue weighted by Crippen LogP contribution is 2.29. The zero-order valence-electron chi connectivity index (χ0n) is 20.7. The Morgan fingerprint density at radius 2 is 1.03 bits per heavy atom. The van der Waals surface area contributed by atoms with Crippen molar-refractivity contribution in [3.8, 4) is 23.0 Å². The summed E-state index contributed by atoms with van der Waals surface area (Å²) in [6, 6.07) is 11.0. The van der Waals surface area contributed by atoms with Gasteiger partial charge in [0.1, 0.15) is 0 Å². The van der Waals surface area contributed by atoms with Crippen molar-refractivity contribution < 1.29 is 28.5 Å². The lowest BCUT2D eigenvalue weighted by Crippen LogP contribution is -2.36. The molecule has 35 heavy (non-hydrogen) atoms. The Bertz CT molecular complexity index is 1010. The third-order valence-electron chi connectivity index (χ3n) is 5.77. The van der Waals surface area contributed by atoms with Crippen LogP contribution in [-0.2, 0) is 9.59 Å². The van der Waals surface area contributed by atoms with Crippen LogP contribution in [0, 0.1) is 0 Å². The molecule has 2 amide bonds. The van der Waals surface area contributed by atoms with E-state index in [4.69, 9.17) is 18.9 Å². The second-order valence-electron chi connectivity index (χ2n) is 7.90. The standard InChI is InChI=1S/C27H32N2O6/c1-32-22-10-6-20(18-24(22)34-3)8-12-26(30)28-14-5-15-29(17-16-28)27(31)13-9-21-7-11-23(33-2)25(19-21)35-4/h6-13,18-19H,5,14-17H2,1-4H3/b12-8+,13-9+. The summed E-state index contributed by atoms with van der Waals surface area (Å²) in [7, 11) is 6.31. The molecule has 0 bridgehead atoms. The first kappa shape index (κ1) is 25.7. The Hall–Kier alpha value is -3.94. The Kier molecular flexibility index (Phi) is 9.17. The molecule has 3 rings (SSSR count). The van der Waals surface area contributed by atoms with E-state index in [1.165, 1.54) is 0 Å². The van der Waals surface area contributed by atoms with Gasteiger partial charge in [0, 0.05) is 38.3 Å². The van der Waals surface area contributed by atoms with Crippen LogP contribution in [0.5, 0.6) is 23.0 Å². The molecule has 8 heteroatoms. The van der Waals surface area contributed by atoms with E-state index in [-0.39, 0.29) is 11.8 Å². The van der Waals surface area contributed by atoms with Gasteiger partial charge in [-0.2, -0.15) is 0 Å². The predicted molar refractivity (Wildman–Crippen MR) is 135 cm³/mol. The number of benzene rings is 2.